The molecule has 1 atom stereocenters. The summed E-state index contributed by atoms with van der Waals surface area (Å²) in [6.45, 7) is 10.2. The molecule has 0 aromatic heterocycles. The second-order valence-electron chi connectivity index (χ2n) is 6.73. The highest BCUT2D eigenvalue weighted by Crippen LogP contribution is 2.12. The van der Waals surface area contributed by atoms with Crippen LogP contribution in [0.25, 0.3) is 0 Å². The summed E-state index contributed by atoms with van der Waals surface area (Å²) in [7, 11) is 0. The number of carbonyl (C=O) groups excluding carboxylic acids is 2. The first kappa shape index (κ1) is 19.2. The molecule has 0 heterocycles. The van der Waals surface area contributed by atoms with Crippen molar-refractivity contribution in [2.45, 2.75) is 71.6 Å². The van der Waals surface area contributed by atoms with Gasteiger partial charge in [-0.1, -0.05) is 0 Å². The molecule has 0 fully saturated rings. The summed E-state index contributed by atoms with van der Waals surface area (Å²) in [5.74, 6) is -1.70. The summed E-state index contributed by atoms with van der Waals surface area (Å²) < 4.78 is 10.1. The lowest BCUT2D eigenvalue weighted by molar-refractivity contribution is -0.155. The molecule has 0 saturated heterocycles. The molecule has 0 rings (SSSR count). The van der Waals surface area contributed by atoms with Crippen LogP contribution in [0.3, 0.4) is 0 Å². The Morgan fingerprint density at radius 2 is 1.43 bits per heavy atom. The third-order valence-corrected chi connectivity index (χ3v) is 1.97. The smallest absolute Gasteiger partial charge is 0.407 e. The van der Waals surface area contributed by atoms with E-state index >= 15 is 0 Å². The number of ether oxygens (including phenoxy) is 2. The number of hydrogen-bond donors (Lipinski definition) is 2. The van der Waals surface area contributed by atoms with Crippen LogP contribution in [0.5, 0.6) is 0 Å². The van der Waals surface area contributed by atoms with Gasteiger partial charge in [-0.3, -0.25) is 9.59 Å². The fraction of sp³-hybridized carbons (Fsp3) is 0.786. The molecule has 0 aliphatic heterocycles. The van der Waals surface area contributed by atoms with Gasteiger partial charge in [-0.25, -0.2) is 4.79 Å². The van der Waals surface area contributed by atoms with E-state index in [0.29, 0.717) is 0 Å². The molecule has 0 aliphatic rings. The molecule has 2 N–H and O–H groups in total. The first-order chi connectivity index (χ1) is 9.28. The summed E-state index contributed by atoms with van der Waals surface area (Å²) in [5.41, 5.74) is -1.37. The van der Waals surface area contributed by atoms with E-state index in [0.717, 1.165) is 0 Å². The van der Waals surface area contributed by atoms with Crippen LogP contribution in [0.2, 0.25) is 0 Å². The molecular weight excluding hydrogens is 278 g/mol. The highest BCUT2D eigenvalue weighted by molar-refractivity contribution is 5.76. The summed E-state index contributed by atoms with van der Waals surface area (Å²) in [5, 5.41) is 11.2. The second-order valence-corrected chi connectivity index (χ2v) is 6.73. The van der Waals surface area contributed by atoms with Crippen LogP contribution in [0.1, 0.15) is 54.4 Å². The van der Waals surface area contributed by atoms with Crippen molar-refractivity contribution in [1.82, 2.24) is 5.32 Å². The van der Waals surface area contributed by atoms with Gasteiger partial charge >= 0.3 is 18.0 Å². The van der Waals surface area contributed by atoms with Gasteiger partial charge in [-0.05, 0) is 41.5 Å². The Kier molecular flexibility index (Phi) is 6.66. The Hall–Kier alpha value is -1.79. The number of alkyl carbamates (subject to hydrolysis) is 1. The molecule has 0 aromatic carbocycles. The lowest BCUT2D eigenvalue weighted by Crippen LogP contribution is -2.42. The summed E-state index contributed by atoms with van der Waals surface area (Å²) in [6, 6.07) is -0.882. The number of aliphatic carboxylic acids is 1. The minimum Gasteiger partial charge on any atom is -0.481 e. The third-order valence-electron chi connectivity index (χ3n) is 1.97. The van der Waals surface area contributed by atoms with E-state index in [4.69, 9.17) is 14.6 Å². The zero-order valence-corrected chi connectivity index (χ0v) is 13.5. The van der Waals surface area contributed by atoms with Crippen molar-refractivity contribution in [3.8, 4) is 0 Å². The number of amides is 1. The van der Waals surface area contributed by atoms with Crippen LogP contribution < -0.4 is 5.32 Å². The first-order valence-electron chi connectivity index (χ1n) is 6.71. The molecule has 0 aromatic rings. The van der Waals surface area contributed by atoms with E-state index in [2.05, 4.69) is 5.32 Å². The molecule has 0 radical (unpaired) electrons. The Bertz CT molecular complexity index is 361. The highest BCUT2D eigenvalue weighted by atomic mass is 16.6. The van der Waals surface area contributed by atoms with Gasteiger partial charge in [0.05, 0.1) is 18.9 Å². The van der Waals surface area contributed by atoms with Crippen molar-refractivity contribution < 1.29 is 29.0 Å². The predicted molar refractivity (Wildman–Crippen MR) is 75.9 cm³/mol. The molecule has 0 unspecified atom stereocenters. The molecule has 0 bridgehead atoms. The van der Waals surface area contributed by atoms with Crippen LogP contribution >= 0.6 is 0 Å². The van der Waals surface area contributed by atoms with Crippen molar-refractivity contribution in [3.05, 3.63) is 0 Å². The fourth-order valence-corrected chi connectivity index (χ4v) is 1.44. The van der Waals surface area contributed by atoms with Crippen molar-refractivity contribution in [2.75, 3.05) is 0 Å². The van der Waals surface area contributed by atoms with Gasteiger partial charge in [-0.15, -0.1) is 0 Å². The lowest BCUT2D eigenvalue weighted by Gasteiger charge is -2.24. The fourth-order valence-electron chi connectivity index (χ4n) is 1.44. The number of hydrogen-bond acceptors (Lipinski definition) is 5. The Morgan fingerprint density at radius 1 is 0.952 bits per heavy atom. The van der Waals surface area contributed by atoms with Gasteiger partial charge in [0.1, 0.15) is 11.2 Å². The SMILES string of the molecule is CC(C)(C)OC(=O)C[C@@H](CC(=O)O)NC(=O)OC(C)(C)C. The molecule has 0 saturated carbocycles. The maximum Gasteiger partial charge on any atom is 0.407 e. The zero-order chi connectivity index (χ0) is 16.8. The average molecular weight is 303 g/mol. The quantitative estimate of drug-likeness (QED) is 0.754. The summed E-state index contributed by atoms with van der Waals surface area (Å²) in [6.07, 6.45) is -1.39. The van der Waals surface area contributed by atoms with Gasteiger partial charge in [0, 0.05) is 0 Å². The van der Waals surface area contributed by atoms with E-state index in [1.165, 1.54) is 0 Å². The van der Waals surface area contributed by atoms with Gasteiger partial charge in [0.2, 0.25) is 0 Å². The highest BCUT2D eigenvalue weighted by Gasteiger charge is 2.25. The number of nitrogens with one attached hydrogen (secondary N) is 1. The van der Waals surface area contributed by atoms with Crippen LogP contribution in [0.4, 0.5) is 4.79 Å². The van der Waals surface area contributed by atoms with Crippen molar-refractivity contribution in [2.24, 2.45) is 0 Å². The molecule has 0 spiro atoms. The first-order valence-corrected chi connectivity index (χ1v) is 6.71. The van der Waals surface area contributed by atoms with Gasteiger partial charge < -0.3 is 19.9 Å². The van der Waals surface area contributed by atoms with E-state index in [-0.39, 0.29) is 6.42 Å². The Balaban J connectivity index is 4.63. The molecule has 122 valence electrons. The number of carbonyl (C=O) groups is 3. The van der Waals surface area contributed by atoms with E-state index < -0.39 is 41.7 Å². The van der Waals surface area contributed by atoms with Crippen LogP contribution in [-0.4, -0.2) is 40.4 Å². The molecule has 21 heavy (non-hydrogen) atoms. The molecule has 7 heteroatoms. The molecule has 0 aliphatic carbocycles. The number of carboxylic acid groups (broad SMARTS) is 1. The maximum absolute atomic E-state index is 11.7. The van der Waals surface area contributed by atoms with Crippen molar-refractivity contribution in [1.29, 1.82) is 0 Å². The Morgan fingerprint density at radius 3 is 1.81 bits per heavy atom. The van der Waals surface area contributed by atoms with Gasteiger partial charge in [0.25, 0.3) is 0 Å². The number of carboxylic acids is 1. The van der Waals surface area contributed by atoms with E-state index in [9.17, 15) is 14.4 Å². The maximum atomic E-state index is 11.7. The summed E-state index contributed by atoms with van der Waals surface area (Å²) in [4.78, 5) is 34.1. The number of esters is 1. The normalized spacial score (nSPS) is 13.2. The molecular formula is C14H25NO6. The van der Waals surface area contributed by atoms with Crippen LogP contribution in [0, 0.1) is 0 Å². The standard InChI is InChI=1S/C14H25NO6/c1-13(2,3)20-11(18)8-9(7-10(16)17)15-12(19)21-14(4,5)6/h9H,7-8H2,1-6H3,(H,15,19)(H,16,17)/t9-/m1/s1. The van der Waals surface area contributed by atoms with Gasteiger partial charge in [0.15, 0.2) is 0 Å². The van der Waals surface area contributed by atoms with Crippen molar-refractivity contribution >= 4 is 18.0 Å². The van der Waals surface area contributed by atoms with Gasteiger partial charge in [-0.2, -0.15) is 0 Å². The molecule has 1 amide bonds. The van der Waals surface area contributed by atoms with E-state index in [1.807, 2.05) is 0 Å². The van der Waals surface area contributed by atoms with Crippen molar-refractivity contribution in [3.63, 3.8) is 0 Å². The largest absolute Gasteiger partial charge is 0.481 e. The number of rotatable bonds is 5. The molecule has 7 nitrogen and oxygen atoms in total. The lowest BCUT2D eigenvalue weighted by atomic mass is 10.1. The third kappa shape index (κ3) is 11.7. The Labute approximate surface area is 125 Å². The average Bonchev–Trinajstić information content (AvgIpc) is 2.07. The zero-order valence-electron chi connectivity index (χ0n) is 13.5. The van der Waals surface area contributed by atoms with E-state index in [1.54, 1.807) is 41.5 Å². The van der Waals surface area contributed by atoms with Crippen LogP contribution in [0.15, 0.2) is 0 Å². The second kappa shape index (κ2) is 7.28. The topological polar surface area (TPSA) is 102 Å². The van der Waals surface area contributed by atoms with Crippen LogP contribution in [-0.2, 0) is 19.1 Å². The predicted octanol–water partition coefficient (Wildman–Crippen LogP) is 2.09. The minimum atomic E-state index is -1.13. The summed E-state index contributed by atoms with van der Waals surface area (Å²) >= 11 is 0. The monoisotopic (exact) mass is 303 g/mol. The minimum absolute atomic E-state index is 0.233.